The van der Waals surface area contributed by atoms with Crippen molar-refractivity contribution in [2.45, 2.75) is 24.6 Å². The maximum Gasteiger partial charge on any atom is 0.411 e. The maximum absolute atomic E-state index is 12.0. The van der Waals surface area contributed by atoms with Crippen molar-refractivity contribution in [3.63, 3.8) is 0 Å². The van der Waals surface area contributed by atoms with Crippen LogP contribution in [-0.4, -0.2) is 39.5 Å². The Balaban J connectivity index is 2.56. The van der Waals surface area contributed by atoms with Crippen molar-refractivity contribution < 1.29 is 31.4 Å². The minimum Gasteiger partial charge on any atom is -0.391 e. The summed E-state index contributed by atoms with van der Waals surface area (Å²) in [6.45, 7) is -0.938. The lowest BCUT2D eigenvalue weighted by Gasteiger charge is -2.10. The highest BCUT2D eigenvalue weighted by molar-refractivity contribution is 7.89. The topological polar surface area (TPSA) is 75.6 Å². The summed E-state index contributed by atoms with van der Waals surface area (Å²) in [5.74, 6) is 0. The lowest BCUT2D eigenvalue weighted by atomic mass is 10.3. The molecule has 0 saturated heterocycles. The Morgan fingerprint density at radius 1 is 1.45 bits per heavy atom. The SMILES string of the molecule is Cc1csc(CO)c1S(=O)(=O)NCCOCC(F)(F)F. The number of aryl methyl sites for hydroxylation is 1. The van der Waals surface area contributed by atoms with Gasteiger partial charge >= 0.3 is 6.18 Å². The van der Waals surface area contributed by atoms with Gasteiger partial charge in [0, 0.05) is 6.54 Å². The van der Waals surface area contributed by atoms with Gasteiger partial charge < -0.3 is 9.84 Å². The van der Waals surface area contributed by atoms with Gasteiger partial charge in [-0.05, 0) is 17.9 Å². The van der Waals surface area contributed by atoms with Crippen LogP contribution in [-0.2, 0) is 21.4 Å². The van der Waals surface area contributed by atoms with Crippen LogP contribution < -0.4 is 4.72 Å². The molecule has 0 fully saturated rings. The van der Waals surface area contributed by atoms with Crippen LogP contribution in [0.25, 0.3) is 0 Å². The van der Waals surface area contributed by atoms with E-state index in [1.807, 2.05) is 0 Å². The second-order valence-corrected chi connectivity index (χ2v) is 6.56. The van der Waals surface area contributed by atoms with E-state index in [1.165, 1.54) is 0 Å². The first-order valence-corrected chi connectivity index (χ1v) is 7.85. The Kier molecular flexibility index (Phi) is 5.95. The molecule has 1 rings (SSSR count). The minimum atomic E-state index is -4.44. The zero-order valence-corrected chi connectivity index (χ0v) is 12.2. The molecule has 116 valence electrons. The van der Waals surface area contributed by atoms with E-state index >= 15 is 0 Å². The molecule has 20 heavy (non-hydrogen) atoms. The molecule has 0 radical (unpaired) electrons. The van der Waals surface area contributed by atoms with E-state index in [0.717, 1.165) is 11.3 Å². The number of ether oxygens (including phenoxy) is 1. The molecule has 10 heteroatoms. The molecule has 0 aliphatic carbocycles. The second-order valence-electron chi connectivity index (χ2n) is 3.89. The number of aliphatic hydroxyl groups is 1. The Labute approximate surface area is 118 Å². The van der Waals surface area contributed by atoms with Crippen LogP contribution in [0.2, 0.25) is 0 Å². The monoisotopic (exact) mass is 333 g/mol. The highest BCUT2D eigenvalue weighted by atomic mass is 32.2. The van der Waals surface area contributed by atoms with Crippen LogP contribution in [0.5, 0.6) is 0 Å². The predicted molar refractivity (Wildman–Crippen MR) is 67.0 cm³/mol. The van der Waals surface area contributed by atoms with E-state index in [0.29, 0.717) is 5.56 Å². The van der Waals surface area contributed by atoms with Crippen molar-refractivity contribution in [1.29, 1.82) is 0 Å². The van der Waals surface area contributed by atoms with Gasteiger partial charge in [-0.1, -0.05) is 0 Å². The molecule has 0 bridgehead atoms. The molecular formula is C10H14F3NO4S2. The van der Waals surface area contributed by atoms with E-state index in [9.17, 15) is 21.6 Å². The number of hydrogen-bond acceptors (Lipinski definition) is 5. The number of nitrogens with one attached hydrogen (secondary N) is 1. The lowest BCUT2D eigenvalue weighted by molar-refractivity contribution is -0.173. The third-order valence-electron chi connectivity index (χ3n) is 2.21. The molecule has 1 heterocycles. The van der Waals surface area contributed by atoms with Crippen molar-refractivity contribution in [2.75, 3.05) is 19.8 Å². The van der Waals surface area contributed by atoms with Gasteiger partial charge in [0.2, 0.25) is 10.0 Å². The minimum absolute atomic E-state index is 0.0270. The van der Waals surface area contributed by atoms with Crippen molar-refractivity contribution >= 4 is 21.4 Å². The van der Waals surface area contributed by atoms with Crippen molar-refractivity contribution in [1.82, 2.24) is 4.72 Å². The first kappa shape index (κ1) is 17.4. The molecule has 0 aliphatic rings. The normalized spacial score (nSPS) is 12.8. The summed E-state index contributed by atoms with van der Waals surface area (Å²) in [4.78, 5) is 0.257. The summed E-state index contributed by atoms with van der Waals surface area (Å²) in [6, 6.07) is 0. The van der Waals surface area contributed by atoms with Gasteiger partial charge in [0.25, 0.3) is 0 Å². The van der Waals surface area contributed by atoms with E-state index in [2.05, 4.69) is 9.46 Å². The maximum atomic E-state index is 12.0. The number of aliphatic hydroxyl groups excluding tert-OH is 1. The van der Waals surface area contributed by atoms with Crippen molar-refractivity contribution in [2.24, 2.45) is 0 Å². The number of halogens is 3. The van der Waals surface area contributed by atoms with Gasteiger partial charge in [-0.15, -0.1) is 11.3 Å². The molecule has 0 aliphatic heterocycles. The second kappa shape index (κ2) is 6.85. The zero-order valence-electron chi connectivity index (χ0n) is 10.5. The van der Waals surface area contributed by atoms with Gasteiger partial charge in [-0.3, -0.25) is 0 Å². The fourth-order valence-corrected chi connectivity index (χ4v) is 4.14. The quantitative estimate of drug-likeness (QED) is 0.740. The van der Waals surface area contributed by atoms with Crippen LogP contribution >= 0.6 is 11.3 Å². The molecule has 0 amide bonds. The number of rotatable bonds is 7. The van der Waals surface area contributed by atoms with E-state index in [-0.39, 0.29) is 16.3 Å². The molecule has 2 N–H and O–H groups in total. The lowest BCUT2D eigenvalue weighted by Crippen LogP contribution is -2.29. The number of hydrogen-bond donors (Lipinski definition) is 2. The summed E-state index contributed by atoms with van der Waals surface area (Å²) in [5.41, 5.74) is 0.475. The third-order valence-corrected chi connectivity index (χ3v) is 5.11. The summed E-state index contributed by atoms with van der Waals surface area (Å²) in [6.07, 6.45) is -4.44. The number of sulfonamides is 1. The molecule has 0 atom stereocenters. The van der Waals surface area contributed by atoms with E-state index in [4.69, 9.17) is 5.11 Å². The highest BCUT2D eigenvalue weighted by Crippen LogP contribution is 2.26. The number of thiophene rings is 1. The van der Waals surface area contributed by atoms with Gasteiger partial charge in [-0.2, -0.15) is 13.2 Å². The van der Waals surface area contributed by atoms with Crippen LogP contribution in [0.4, 0.5) is 13.2 Å². The van der Waals surface area contributed by atoms with Gasteiger partial charge in [0.05, 0.1) is 18.1 Å². The average molecular weight is 333 g/mol. The zero-order chi connectivity index (χ0) is 15.4. The first-order chi connectivity index (χ1) is 9.17. The summed E-state index contributed by atoms with van der Waals surface area (Å²) in [5, 5.41) is 10.6. The fourth-order valence-electron chi connectivity index (χ4n) is 1.47. The molecular weight excluding hydrogens is 319 g/mol. The molecule has 0 saturated carbocycles. The van der Waals surface area contributed by atoms with E-state index < -0.39 is 36.0 Å². The molecule has 0 spiro atoms. The van der Waals surface area contributed by atoms with Crippen LogP contribution in [0, 0.1) is 6.92 Å². The first-order valence-electron chi connectivity index (χ1n) is 5.49. The highest BCUT2D eigenvalue weighted by Gasteiger charge is 2.27. The Morgan fingerprint density at radius 3 is 2.65 bits per heavy atom. The van der Waals surface area contributed by atoms with Crippen molar-refractivity contribution in [3.8, 4) is 0 Å². The molecule has 1 aromatic heterocycles. The Morgan fingerprint density at radius 2 is 2.10 bits per heavy atom. The van der Waals surface area contributed by atoms with Gasteiger partial charge in [-0.25, -0.2) is 13.1 Å². The third kappa shape index (κ3) is 5.02. The molecule has 0 aromatic carbocycles. The smallest absolute Gasteiger partial charge is 0.391 e. The van der Waals surface area contributed by atoms with E-state index in [1.54, 1.807) is 12.3 Å². The molecule has 0 unspecified atom stereocenters. The summed E-state index contributed by atoms with van der Waals surface area (Å²) in [7, 11) is -3.87. The van der Waals surface area contributed by atoms with Gasteiger partial charge in [0.15, 0.2) is 0 Å². The molecule has 5 nitrogen and oxygen atoms in total. The molecule has 1 aromatic rings. The van der Waals surface area contributed by atoms with Crippen LogP contribution in [0.3, 0.4) is 0 Å². The number of alkyl halides is 3. The summed E-state index contributed by atoms with van der Waals surface area (Å²) < 4.78 is 65.8. The summed E-state index contributed by atoms with van der Waals surface area (Å²) >= 11 is 1.10. The van der Waals surface area contributed by atoms with Gasteiger partial charge in [0.1, 0.15) is 11.5 Å². The Hall–Kier alpha value is -0.680. The fraction of sp³-hybridized carbons (Fsp3) is 0.600. The largest absolute Gasteiger partial charge is 0.411 e. The van der Waals surface area contributed by atoms with Crippen LogP contribution in [0.15, 0.2) is 10.3 Å². The van der Waals surface area contributed by atoms with Crippen LogP contribution in [0.1, 0.15) is 10.4 Å². The Bertz CT molecular complexity index is 539. The standard InChI is InChI=1S/C10H14F3NO4S2/c1-7-5-19-8(4-15)9(7)20(16,17)14-2-3-18-6-10(11,12)13/h5,14-15H,2-4,6H2,1H3. The predicted octanol–water partition coefficient (Wildman–Crippen LogP) is 1.41. The average Bonchev–Trinajstić information content (AvgIpc) is 2.69. The van der Waals surface area contributed by atoms with Crippen molar-refractivity contribution in [3.05, 3.63) is 15.8 Å².